The van der Waals surface area contributed by atoms with E-state index < -0.39 is 0 Å². The number of thioether (sulfide) groups is 1. The van der Waals surface area contributed by atoms with E-state index in [2.05, 4.69) is 43.4 Å². The largest absolute Gasteiger partial charge is 0.312 e. The predicted molar refractivity (Wildman–Crippen MR) is 75.2 cm³/mol. The standard InChI is InChI=1S/C14H23NS/c1-4-7-12-8-6-9-13(10-12)14(15-3)11-16-5-2/h6,8-10,14-15H,4-5,7,11H2,1-3H3. The van der Waals surface area contributed by atoms with E-state index in [1.165, 1.54) is 29.7 Å². The maximum atomic E-state index is 3.40. The molecule has 1 atom stereocenters. The Balaban J connectivity index is 2.71. The van der Waals surface area contributed by atoms with E-state index in [4.69, 9.17) is 0 Å². The molecule has 0 bridgehead atoms. The second-order valence-corrected chi connectivity index (χ2v) is 5.31. The van der Waals surface area contributed by atoms with Crippen molar-refractivity contribution in [1.82, 2.24) is 5.32 Å². The molecule has 0 heterocycles. The van der Waals surface area contributed by atoms with Crippen LogP contribution >= 0.6 is 11.8 Å². The van der Waals surface area contributed by atoms with Crippen LogP contribution in [0.5, 0.6) is 0 Å². The maximum absolute atomic E-state index is 3.40. The number of nitrogens with one attached hydrogen (secondary N) is 1. The molecule has 0 aliphatic carbocycles. The van der Waals surface area contributed by atoms with Gasteiger partial charge in [-0.2, -0.15) is 11.8 Å². The zero-order chi connectivity index (χ0) is 11.8. The second-order valence-electron chi connectivity index (χ2n) is 4.00. The van der Waals surface area contributed by atoms with Gasteiger partial charge in [0, 0.05) is 11.8 Å². The lowest BCUT2D eigenvalue weighted by molar-refractivity contribution is 0.660. The van der Waals surface area contributed by atoms with Gasteiger partial charge in [-0.15, -0.1) is 0 Å². The monoisotopic (exact) mass is 237 g/mol. The van der Waals surface area contributed by atoms with Gasteiger partial charge < -0.3 is 5.32 Å². The Labute approximate surface area is 104 Å². The summed E-state index contributed by atoms with van der Waals surface area (Å²) in [5, 5.41) is 3.40. The number of aryl methyl sites for hydroxylation is 1. The molecule has 1 rings (SSSR count). The normalized spacial score (nSPS) is 12.7. The predicted octanol–water partition coefficient (Wildman–Crippen LogP) is 3.65. The Morgan fingerprint density at radius 1 is 1.31 bits per heavy atom. The van der Waals surface area contributed by atoms with Crippen LogP contribution in [0.4, 0.5) is 0 Å². The highest BCUT2D eigenvalue weighted by molar-refractivity contribution is 7.99. The van der Waals surface area contributed by atoms with Crippen molar-refractivity contribution in [1.29, 1.82) is 0 Å². The van der Waals surface area contributed by atoms with E-state index in [1.54, 1.807) is 0 Å². The van der Waals surface area contributed by atoms with E-state index in [9.17, 15) is 0 Å². The summed E-state index contributed by atoms with van der Waals surface area (Å²) in [4.78, 5) is 0. The van der Waals surface area contributed by atoms with Gasteiger partial charge in [-0.3, -0.25) is 0 Å². The molecule has 0 fully saturated rings. The molecule has 0 radical (unpaired) electrons. The molecule has 0 saturated heterocycles. The molecule has 0 aliphatic rings. The molecule has 0 amide bonds. The Hall–Kier alpha value is -0.470. The van der Waals surface area contributed by atoms with Gasteiger partial charge in [-0.05, 0) is 30.3 Å². The summed E-state index contributed by atoms with van der Waals surface area (Å²) in [7, 11) is 2.05. The van der Waals surface area contributed by atoms with Crippen molar-refractivity contribution in [2.24, 2.45) is 0 Å². The lowest BCUT2D eigenvalue weighted by Crippen LogP contribution is -2.19. The topological polar surface area (TPSA) is 12.0 Å². The highest BCUT2D eigenvalue weighted by atomic mass is 32.2. The third-order valence-corrected chi connectivity index (χ3v) is 3.71. The van der Waals surface area contributed by atoms with Crippen LogP contribution in [-0.4, -0.2) is 18.6 Å². The van der Waals surface area contributed by atoms with Crippen LogP contribution in [0.15, 0.2) is 24.3 Å². The SMILES string of the molecule is CCCc1cccc(C(CSCC)NC)c1. The van der Waals surface area contributed by atoms with E-state index in [0.29, 0.717) is 6.04 Å². The maximum Gasteiger partial charge on any atom is 0.0409 e. The van der Waals surface area contributed by atoms with E-state index >= 15 is 0 Å². The van der Waals surface area contributed by atoms with Crippen LogP contribution < -0.4 is 5.32 Å². The van der Waals surface area contributed by atoms with Crippen LogP contribution in [0.1, 0.15) is 37.4 Å². The first-order valence-corrected chi connectivity index (χ1v) is 7.31. The number of hydrogen-bond donors (Lipinski definition) is 1. The molecule has 0 aromatic heterocycles. The van der Waals surface area contributed by atoms with E-state index in [1.807, 2.05) is 18.8 Å². The Kier molecular flexibility index (Phi) is 6.58. The van der Waals surface area contributed by atoms with Crippen molar-refractivity contribution in [3.8, 4) is 0 Å². The summed E-state index contributed by atoms with van der Waals surface area (Å²) in [6, 6.07) is 9.48. The molecular weight excluding hydrogens is 214 g/mol. The zero-order valence-corrected chi connectivity index (χ0v) is 11.4. The third-order valence-electron chi connectivity index (χ3n) is 2.73. The second kappa shape index (κ2) is 7.75. The van der Waals surface area contributed by atoms with Gasteiger partial charge >= 0.3 is 0 Å². The minimum absolute atomic E-state index is 0.488. The van der Waals surface area contributed by atoms with Gasteiger partial charge in [-0.25, -0.2) is 0 Å². The molecule has 1 aromatic carbocycles. The summed E-state index contributed by atoms with van der Waals surface area (Å²) in [6.07, 6.45) is 2.41. The van der Waals surface area contributed by atoms with Crippen molar-refractivity contribution in [3.63, 3.8) is 0 Å². The number of rotatable bonds is 7. The van der Waals surface area contributed by atoms with Crippen molar-refractivity contribution < 1.29 is 0 Å². The van der Waals surface area contributed by atoms with Crippen LogP contribution in [0.3, 0.4) is 0 Å². The quantitative estimate of drug-likeness (QED) is 0.777. The van der Waals surface area contributed by atoms with Crippen molar-refractivity contribution >= 4 is 11.8 Å². The summed E-state index contributed by atoms with van der Waals surface area (Å²) >= 11 is 1.99. The number of benzene rings is 1. The molecule has 16 heavy (non-hydrogen) atoms. The molecule has 1 N–H and O–H groups in total. The van der Waals surface area contributed by atoms with Gasteiger partial charge in [0.2, 0.25) is 0 Å². The Bertz CT molecular complexity index is 299. The molecule has 0 saturated carbocycles. The first-order chi connectivity index (χ1) is 7.81. The average Bonchev–Trinajstić information content (AvgIpc) is 2.31. The minimum Gasteiger partial charge on any atom is -0.312 e. The van der Waals surface area contributed by atoms with E-state index in [-0.39, 0.29) is 0 Å². The van der Waals surface area contributed by atoms with Crippen molar-refractivity contribution in [2.75, 3.05) is 18.6 Å². The summed E-state index contributed by atoms with van der Waals surface area (Å²) in [5.41, 5.74) is 2.89. The zero-order valence-electron chi connectivity index (χ0n) is 10.6. The molecule has 0 aliphatic heterocycles. The molecule has 2 heteroatoms. The van der Waals surface area contributed by atoms with Crippen molar-refractivity contribution in [2.45, 2.75) is 32.7 Å². The average molecular weight is 237 g/mol. The van der Waals surface area contributed by atoms with Gasteiger partial charge in [0.15, 0.2) is 0 Å². The molecule has 1 aromatic rings. The smallest absolute Gasteiger partial charge is 0.0409 e. The lowest BCUT2D eigenvalue weighted by Gasteiger charge is -2.16. The highest BCUT2D eigenvalue weighted by Crippen LogP contribution is 2.19. The molecular formula is C14H23NS. The molecule has 1 unspecified atom stereocenters. The summed E-state index contributed by atoms with van der Waals surface area (Å²) in [6.45, 7) is 4.44. The Morgan fingerprint density at radius 2 is 2.12 bits per heavy atom. The van der Waals surface area contributed by atoms with Crippen LogP contribution in [-0.2, 0) is 6.42 Å². The van der Waals surface area contributed by atoms with Gasteiger partial charge in [0.25, 0.3) is 0 Å². The van der Waals surface area contributed by atoms with Crippen LogP contribution in [0, 0.1) is 0 Å². The number of hydrogen-bond acceptors (Lipinski definition) is 2. The fourth-order valence-corrected chi connectivity index (χ4v) is 2.67. The van der Waals surface area contributed by atoms with Gasteiger partial charge in [0.1, 0.15) is 0 Å². The fraction of sp³-hybridized carbons (Fsp3) is 0.571. The molecule has 0 spiro atoms. The molecule has 90 valence electrons. The van der Waals surface area contributed by atoms with Gasteiger partial charge in [0.05, 0.1) is 0 Å². The van der Waals surface area contributed by atoms with E-state index in [0.717, 1.165) is 5.75 Å². The lowest BCUT2D eigenvalue weighted by atomic mass is 10.0. The van der Waals surface area contributed by atoms with Crippen molar-refractivity contribution in [3.05, 3.63) is 35.4 Å². The highest BCUT2D eigenvalue weighted by Gasteiger charge is 2.08. The fourth-order valence-electron chi connectivity index (χ4n) is 1.84. The first-order valence-electron chi connectivity index (χ1n) is 6.15. The van der Waals surface area contributed by atoms with Crippen LogP contribution in [0.25, 0.3) is 0 Å². The first kappa shape index (κ1) is 13.6. The van der Waals surface area contributed by atoms with Gasteiger partial charge in [-0.1, -0.05) is 44.5 Å². The third kappa shape index (κ3) is 4.18. The minimum atomic E-state index is 0.488. The summed E-state index contributed by atoms with van der Waals surface area (Å²) in [5.74, 6) is 2.34. The van der Waals surface area contributed by atoms with Crippen LogP contribution in [0.2, 0.25) is 0 Å². The Morgan fingerprint density at radius 3 is 2.75 bits per heavy atom. The molecule has 1 nitrogen and oxygen atoms in total. The summed E-state index contributed by atoms with van der Waals surface area (Å²) < 4.78 is 0.